The molecule has 2 aliphatic rings. The lowest BCUT2D eigenvalue weighted by molar-refractivity contribution is 0.0926. The molecule has 0 atom stereocenters. The Bertz CT molecular complexity index is 1470. The van der Waals surface area contributed by atoms with Crippen molar-refractivity contribution >= 4 is 28.5 Å². The lowest BCUT2D eigenvalue weighted by Crippen LogP contribution is -2.29. The third-order valence-electron chi connectivity index (χ3n) is 5.50. The van der Waals surface area contributed by atoms with Gasteiger partial charge in [0.15, 0.2) is 17.1 Å². The predicted octanol–water partition coefficient (Wildman–Crippen LogP) is 2.67. The van der Waals surface area contributed by atoms with Crippen LogP contribution in [0.3, 0.4) is 0 Å². The second-order valence-electron chi connectivity index (χ2n) is 7.68. The SMILES string of the molecule is Cc1cc(C)nc(-n2nc(C)c3c4c(cnc32)C(=O)N(c2ccc3c(c2)OCO3)C4=O)n1. The molecule has 0 N–H and O–H groups in total. The van der Waals surface area contributed by atoms with Crippen molar-refractivity contribution in [3.63, 3.8) is 0 Å². The number of hydrogen-bond donors (Lipinski definition) is 0. The molecule has 6 rings (SSSR count). The molecular formula is C22H16N6O4. The highest BCUT2D eigenvalue weighted by atomic mass is 16.7. The number of imide groups is 1. The number of aromatic nitrogens is 5. The molecule has 0 saturated carbocycles. The van der Waals surface area contributed by atoms with E-state index in [2.05, 4.69) is 20.1 Å². The van der Waals surface area contributed by atoms with Gasteiger partial charge in [-0.3, -0.25) is 9.59 Å². The van der Waals surface area contributed by atoms with Crippen LogP contribution in [0.1, 0.15) is 37.8 Å². The fourth-order valence-electron chi connectivity index (χ4n) is 4.16. The predicted molar refractivity (Wildman–Crippen MR) is 112 cm³/mol. The van der Waals surface area contributed by atoms with Crippen molar-refractivity contribution in [1.29, 1.82) is 0 Å². The maximum atomic E-state index is 13.5. The van der Waals surface area contributed by atoms with Crippen molar-refractivity contribution in [2.75, 3.05) is 11.7 Å². The van der Waals surface area contributed by atoms with E-state index in [1.165, 1.54) is 10.9 Å². The highest BCUT2D eigenvalue weighted by Crippen LogP contribution is 2.39. The molecule has 0 bridgehead atoms. The standard InChI is InChI=1S/C22H16N6O4/c1-10-6-11(2)25-22(24-10)28-19-17(12(3)26-28)18-14(8-23-19)20(29)27(21(18)30)13-4-5-15-16(7-13)32-9-31-15/h4-8H,9H2,1-3H3. The van der Waals surface area contributed by atoms with Crippen LogP contribution in [0.25, 0.3) is 17.0 Å². The summed E-state index contributed by atoms with van der Waals surface area (Å²) in [5.74, 6) is 0.518. The van der Waals surface area contributed by atoms with Gasteiger partial charge in [-0.15, -0.1) is 0 Å². The van der Waals surface area contributed by atoms with Crippen LogP contribution in [0.2, 0.25) is 0 Å². The van der Waals surface area contributed by atoms with Crippen molar-refractivity contribution in [1.82, 2.24) is 24.7 Å². The molecule has 10 heteroatoms. The van der Waals surface area contributed by atoms with Crippen molar-refractivity contribution < 1.29 is 19.1 Å². The van der Waals surface area contributed by atoms with Crippen LogP contribution in [0, 0.1) is 20.8 Å². The summed E-state index contributed by atoms with van der Waals surface area (Å²) in [5.41, 5.74) is 3.44. The second kappa shape index (κ2) is 6.33. The highest BCUT2D eigenvalue weighted by Gasteiger charge is 2.40. The van der Waals surface area contributed by atoms with Crippen LogP contribution in [-0.2, 0) is 0 Å². The Hall–Kier alpha value is -4.34. The molecule has 10 nitrogen and oxygen atoms in total. The molecule has 0 saturated heterocycles. The molecular weight excluding hydrogens is 412 g/mol. The van der Waals surface area contributed by atoms with Crippen molar-refractivity contribution in [2.24, 2.45) is 0 Å². The molecule has 5 heterocycles. The monoisotopic (exact) mass is 428 g/mol. The summed E-state index contributed by atoms with van der Waals surface area (Å²) in [4.78, 5) is 41.1. The minimum atomic E-state index is -0.451. The van der Waals surface area contributed by atoms with Crippen molar-refractivity contribution in [3.8, 4) is 17.4 Å². The van der Waals surface area contributed by atoms with Gasteiger partial charge in [0, 0.05) is 23.7 Å². The third kappa shape index (κ3) is 2.46. The van der Waals surface area contributed by atoms with Crippen LogP contribution >= 0.6 is 0 Å². The van der Waals surface area contributed by atoms with E-state index in [0.717, 1.165) is 16.3 Å². The number of ether oxygens (including phenoxy) is 2. The van der Waals surface area contributed by atoms with Gasteiger partial charge in [0.25, 0.3) is 17.8 Å². The molecule has 1 aromatic carbocycles. The number of benzene rings is 1. The average Bonchev–Trinajstić information content (AvgIpc) is 3.42. The zero-order chi connectivity index (χ0) is 22.1. The smallest absolute Gasteiger partial charge is 0.267 e. The first kappa shape index (κ1) is 18.4. The van der Waals surface area contributed by atoms with Gasteiger partial charge >= 0.3 is 0 Å². The van der Waals surface area contributed by atoms with Gasteiger partial charge in [-0.05, 0) is 39.0 Å². The zero-order valence-corrected chi connectivity index (χ0v) is 17.4. The number of fused-ring (bicyclic) bond motifs is 4. The Morgan fingerprint density at radius 1 is 0.938 bits per heavy atom. The molecule has 32 heavy (non-hydrogen) atoms. The van der Waals surface area contributed by atoms with Crippen molar-refractivity contribution in [2.45, 2.75) is 20.8 Å². The van der Waals surface area contributed by atoms with Gasteiger partial charge in [0.05, 0.1) is 27.9 Å². The lowest BCUT2D eigenvalue weighted by Gasteiger charge is -2.14. The maximum Gasteiger partial charge on any atom is 0.267 e. The van der Waals surface area contributed by atoms with Crippen LogP contribution in [0.4, 0.5) is 5.69 Å². The molecule has 0 fully saturated rings. The number of rotatable bonds is 2. The van der Waals surface area contributed by atoms with Gasteiger partial charge in [-0.1, -0.05) is 0 Å². The fraction of sp³-hybridized carbons (Fsp3) is 0.182. The molecule has 4 aromatic rings. The largest absolute Gasteiger partial charge is 0.454 e. The number of carbonyl (C=O) groups excluding carboxylic acids is 2. The minimum absolute atomic E-state index is 0.102. The Morgan fingerprint density at radius 3 is 2.47 bits per heavy atom. The van der Waals surface area contributed by atoms with Gasteiger partial charge in [-0.25, -0.2) is 19.9 Å². The van der Waals surface area contributed by atoms with E-state index in [4.69, 9.17) is 9.47 Å². The maximum absolute atomic E-state index is 13.5. The molecule has 0 radical (unpaired) electrons. The summed E-state index contributed by atoms with van der Waals surface area (Å²) in [6.07, 6.45) is 1.41. The first-order valence-corrected chi connectivity index (χ1v) is 9.92. The number of amides is 2. The topological polar surface area (TPSA) is 112 Å². The van der Waals surface area contributed by atoms with Crippen LogP contribution < -0.4 is 14.4 Å². The first-order chi connectivity index (χ1) is 15.4. The molecule has 2 aliphatic heterocycles. The van der Waals surface area contributed by atoms with Gasteiger partial charge < -0.3 is 9.47 Å². The van der Waals surface area contributed by atoms with Crippen molar-refractivity contribution in [3.05, 3.63) is 58.7 Å². The van der Waals surface area contributed by atoms with Crippen LogP contribution in [0.15, 0.2) is 30.5 Å². The number of carbonyl (C=O) groups is 2. The summed E-state index contributed by atoms with van der Waals surface area (Å²) >= 11 is 0. The average molecular weight is 428 g/mol. The molecule has 2 amide bonds. The van der Waals surface area contributed by atoms with E-state index < -0.39 is 11.8 Å². The van der Waals surface area contributed by atoms with E-state index in [9.17, 15) is 9.59 Å². The summed E-state index contributed by atoms with van der Waals surface area (Å²) in [6, 6.07) is 6.81. The highest BCUT2D eigenvalue weighted by molar-refractivity contribution is 6.37. The molecule has 0 aliphatic carbocycles. The molecule has 0 spiro atoms. The quantitative estimate of drug-likeness (QED) is 0.448. The normalized spacial score (nSPS) is 14.5. The number of aryl methyl sites for hydroxylation is 3. The van der Waals surface area contributed by atoms with Gasteiger partial charge in [0.1, 0.15) is 0 Å². The molecule has 158 valence electrons. The van der Waals surface area contributed by atoms with E-state index in [-0.39, 0.29) is 17.9 Å². The van der Waals surface area contributed by atoms with E-state index in [1.807, 2.05) is 19.9 Å². The second-order valence-corrected chi connectivity index (χ2v) is 7.68. The van der Waals surface area contributed by atoms with Gasteiger partial charge in [-0.2, -0.15) is 9.78 Å². The number of pyridine rings is 1. The first-order valence-electron chi connectivity index (χ1n) is 9.92. The number of nitrogens with zero attached hydrogens (tertiary/aromatic N) is 6. The van der Waals surface area contributed by atoms with Crippen LogP contribution in [-0.4, -0.2) is 43.3 Å². The van der Waals surface area contributed by atoms with E-state index >= 15 is 0 Å². The Balaban J connectivity index is 1.52. The number of hydrogen-bond acceptors (Lipinski definition) is 8. The van der Waals surface area contributed by atoms with Gasteiger partial charge in [0.2, 0.25) is 6.79 Å². The Morgan fingerprint density at radius 2 is 1.69 bits per heavy atom. The molecule has 0 unspecified atom stereocenters. The van der Waals surface area contributed by atoms with Crippen LogP contribution in [0.5, 0.6) is 11.5 Å². The minimum Gasteiger partial charge on any atom is -0.454 e. The fourth-order valence-corrected chi connectivity index (χ4v) is 4.16. The number of anilines is 1. The third-order valence-corrected chi connectivity index (χ3v) is 5.50. The summed E-state index contributed by atoms with van der Waals surface area (Å²) in [6.45, 7) is 5.61. The van der Waals surface area contributed by atoms with E-state index in [0.29, 0.717) is 39.9 Å². The summed E-state index contributed by atoms with van der Waals surface area (Å²) in [5, 5.41) is 5.04. The summed E-state index contributed by atoms with van der Waals surface area (Å²) in [7, 11) is 0. The Labute approximate surface area is 181 Å². The lowest BCUT2D eigenvalue weighted by atomic mass is 10.1. The molecule has 3 aromatic heterocycles. The Kier molecular flexibility index (Phi) is 3.65. The van der Waals surface area contributed by atoms with E-state index in [1.54, 1.807) is 25.1 Å². The summed E-state index contributed by atoms with van der Waals surface area (Å²) < 4.78 is 12.2. The zero-order valence-electron chi connectivity index (χ0n) is 17.4.